The van der Waals surface area contributed by atoms with Gasteiger partial charge in [-0.05, 0) is 18.4 Å². The molecule has 0 aliphatic carbocycles. The fourth-order valence-corrected chi connectivity index (χ4v) is 2.30. The summed E-state index contributed by atoms with van der Waals surface area (Å²) in [4.78, 5) is 13.7. The van der Waals surface area contributed by atoms with Gasteiger partial charge < -0.3 is 0 Å². The Bertz CT molecular complexity index is 610. The van der Waals surface area contributed by atoms with E-state index in [9.17, 15) is 0 Å². The average Bonchev–Trinajstić information content (AvgIpc) is 2.85. The van der Waals surface area contributed by atoms with Crippen LogP contribution in [-0.2, 0) is 0 Å². The van der Waals surface area contributed by atoms with Crippen LogP contribution < -0.4 is 0 Å². The third-order valence-corrected chi connectivity index (χ3v) is 3.12. The van der Waals surface area contributed by atoms with E-state index in [1.807, 2.05) is 29.1 Å². The van der Waals surface area contributed by atoms with Gasteiger partial charge in [-0.2, -0.15) is 0 Å². The highest BCUT2D eigenvalue weighted by atomic mass is 32.1. The molecule has 3 aromatic rings. The monoisotopic (exact) mass is 216 g/mol. The molecule has 0 aliphatic rings. The third kappa shape index (κ3) is 1.24. The Morgan fingerprint density at radius 3 is 3.00 bits per heavy atom. The van der Waals surface area contributed by atoms with Crippen LogP contribution in [0.15, 0.2) is 30.2 Å². The summed E-state index contributed by atoms with van der Waals surface area (Å²) in [6.45, 7) is 1.96. The Kier molecular flexibility index (Phi) is 1.78. The van der Waals surface area contributed by atoms with E-state index in [0.29, 0.717) is 0 Å². The molecular formula is C10H8N4S. The van der Waals surface area contributed by atoms with Crippen molar-refractivity contribution in [3.8, 4) is 5.82 Å². The molecule has 0 fully saturated rings. The lowest BCUT2D eigenvalue weighted by atomic mass is 10.4. The Morgan fingerprint density at radius 2 is 2.20 bits per heavy atom. The quantitative estimate of drug-likeness (QED) is 0.626. The number of nitrogens with zero attached hydrogens (tertiary/aromatic N) is 4. The largest absolute Gasteiger partial charge is 0.288 e. The lowest BCUT2D eigenvalue weighted by Crippen LogP contribution is -1.99. The molecular weight excluding hydrogens is 208 g/mol. The number of hydrogen-bond donors (Lipinski definition) is 0. The lowest BCUT2D eigenvalue weighted by Gasteiger charge is -2.03. The predicted octanol–water partition coefficient (Wildman–Crippen LogP) is 2.19. The molecule has 74 valence electrons. The molecule has 0 saturated carbocycles. The van der Waals surface area contributed by atoms with Crippen molar-refractivity contribution in [2.24, 2.45) is 0 Å². The zero-order valence-corrected chi connectivity index (χ0v) is 8.90. The molecule has 0 radical (unpaired) electrons. The van der Waals surface area contributed by atoms with Crippen molar-refractivity contribution in [3.05, 3.63) is 36.0 Å². The van der Waals surface area contributed by atoms with E-state index in [2.05, 4.69) is 15.0 Å². The zero-order chi connectivity index (χ0) is 10.3. The minimum Gasteiger partial charge on any atom is -0.288 e. The second kappa shape index (κ2) is 3.13. The van der Waals surface area contributed by atoms with Crippen molar-refractivity contribution in [3.63, 3.8) is 0 Å². The highest BCUT2D eigenvalue weighted by Gasteiger charge is 2.07. The number of fused-ring (bicyclic) bond motifs is 1. The summed E-state index contributed by atoms with van der Waals surface area (Å²) in [6, 6.07) is 2.04. The fraction of sp³-hybridized carbons (Fsp3) is 0.100. The molecule has 3 aromatic heterocycles. The van der Waals surface area contributed by atoms with Gasteiger partial charge >= 0.3 is 0 Å². The maximum atomic E-state index is 4.30. The van der Waals surface area contributed by atoms with Gasteiger partial charge in [-0.3, -0.25) is 4.57 Å². The first-order chi connectivity index (χ1) is 7.36. The molecule has 4 nitrogen and oxygen atoms in total. The van der Waals surface area contributed by atoms with E-state index in [4.69, 9.17) is 0 Å². The standard InChI is InChI=1S/C10H8N4S/c1-7-11-3-4-14(7)9-8-2-5-15-10(8)13-6-12-9/h2-6H,1H3. The Hall–Kier alpha value is -1.75. The highest BCUT2D eigenvalue weighted by Crippen LogP contribution is 2.23. The minimum absolute atomic E-state index is 0.899. The van der Waals surface area contributed by atoms with Crippen LogP contribution in [0, 0.1) is 6.92 Å². The number of imidazole rings is 1. The number of thiophene rings is 1. The molecule has 0 saturated heterocycles. The van der Waals surface area contributed by atoms with Gasteiger partial charge in [-0.25, -0.2) is 15.0 Å². The van der Waals surface area contributed by atoms with Gasteiger partial charge in [0.25, 0.3) is 0 Å². The number of rotatable bonds is 1. The number of hydrogen-bond acceptors (Lipinski definition) is 4. The molecule has 0 aromatic carbocycles. The van der Waals surface area contributed by atoms with Gasteiger partial charge in [0.2, 0.25) is 0 Å². The normalized spacial score (nSPS) is 11.0. The summed E-state index contributed by atoms with van der Waals surface area (Å²) in [6.07, 6.45) is 5.28. The predicted molar refractivity (Wildman–Crippen MR) is 59.3 cm³/mol. The van der Waals surface area contributed by atoms with Gasteiger partial charge in [0, 0.05) is 12.4 Å². The molecule has 0 amide bonds. The van der Waals surface area contributed by atoms with Crippen LogP contribution in [-0.4, -0.2) is 19.5 Å². The van der Waals surface area contributed by atoms with E-state index in [1.165, 1.54) is 0 Å². The number of aromatic nitrogens is 4. The summed E-state index contributed by atoms with van der Waals surface area (Å²) in [5.74, 6) is 1.83. The van der Waals surface area contributed by atoms with Crippen molar-refractivity contribution in [1.29, 1.82) is 0 Å². The molecule has 15 heavy (non-hydrogen) atoms. The van der Waals surface area contributed by atoms with E-state index in [1.54, 1.807) is 23.9 Å². The van der Waals surface area contributed by atoms with Crippen LogP contribution in [0.5, 0.6) is 0 Å². The second-order valence-electron chi connectivity index (χ2n) is 3.18. The second-order valence-corrected chi connectivity index (χ2v) is 4.08. The van der Waals surface area contributed by atoms with Crippen LogP contribution in [0.1, 0.15) is 5.82 Å². The van der Waals surface area contributed by atoms with Crippen molar-refractivity contribution >= 4 is 21.6 Å². The van der Waals surface area contributed by atoms with Crippen molar-refractivity contribution in [2.45, 2.75) is 6.92 Å². The Morgan fingerprint density at radius 1 is 1.27 bits per heavy atom. The summed E-state index contributed by atoms with van der Waals surface area (Å²) in [5.41, 5.74) is 0. The van der Waals surface area contributed by atoms with E-state index < -0.39 is 0 Å². The zero-order valence-electron chi connectivity index (χ0n) is 8.08. The number of aryl methyl sites for hydroxylation is 1. The van der Waals surface area contributed by atoms with E-state index in [-0.39, 0.29) is 0 Å². The highest BCUT2D eigenvalue weighted by molar-refractivity contribution is 7.16. The van der Waals surface area contributed by atoms with E-state index in [0.717, 1.165) is 21.9 Å². The molecule has 0 aliphatic heterocycles. The third-order valence-electron chi connectivity index (χ3n) is 2.29. The maximum absolute atomic E-state index is 4.30. The lowest BCUT2D eigenvalue weighted by molar-refractivity contribution is 0.936. The van der Waals surface area contributed by atoms with Crippen LogP contribution in [0.3, 0.4) is 0 Å². The molecule has 0 bridgehead atoms. The molecule has 3 heterocycles. The van der Waals surface area contributed by atoms with Gasteiger partial charge in [-0.1, -0.05) is 0 Å². The molecule has 0 unspecified atom stereocenters. The molecule has 5 heteroatoms. The van der Waals surface area contributed by atoms with Gasteiger partial charge in [0.1, 0.15) is 22.8 Å². The van der Waals surface area contributed by atoms with E-state index >= 15 is 0 Å². The molecule has 0 spiro atoms. The first kappa shape index (κ1) is 8.55. The SMILES string of the molecule is Cc1nccn1-c1ncnc2sccc12. The Labute approximate surface area is 90.3 Å². The first-order valence-electron chi connectivity index (χ1n) is 4.55. The molecule has 0 N–H and O–H groups in total. The smallest absolute Gasteiger partial charge is 0.150 e. The molecule has 0 atom stereocenters. The summed E-state index contributed by atoms with van der Waals surface area (Å²) < 4.78 is 1.97. The van der Waals surface area contributed by atoms with Crippen LogP contribution in [0.4, 0.5) is 0 Å². The summed E-state index contributed by atoms with van der Waals surface area (Å²) >= 11 is 1.62. The minimum atomic E-state index is 0.899. The van der Waals surface area contributed by atoms with Crippen LogP contribution >= 0.6 is 11.3 Å². The summed E-state index contributed by atoms with van der Waals surface area (Å²) in [5, 5.41) is 3.10. The van der Waals surface area contributed by atoms with Gasteiger partial charge in [0.15, 0.2) is 0 Å². The topological polar surface area (TPSA) is 43.6 Å². The average molecular weight is 216 g/mol. The fourth-order valence-electron chi connectivity index (χ4n) is 1.57. The van der Waals surface area contributed by atoms with Gasteiger partial charge in [0.05, 0.1) is 5.39 Å². The van der Waals surface area contributed by atoms with Crippen molar-refractivity contribution < 1.29 is 0 Å². The summed E-state index contributed by atoms with van der Waals surface area (Å²) in [7, 11) is 0. The van der Waals surface area contributed by atoms with Crippen LogP contribution in [0.25, 0.3) is 16.0 Å². The van der Waals surface area contributed by atoms with Crippen molar-refractivity contribution in [1.82, 2.24) is 19.5 Å². The first-order valence-corrected chi connectivity index (χ1v) is 5.43. The van der Waals surface area contributed by atoms with Gasteiger partial charge in [-0.15, -0.1) is 11.3 Å². The van der Waals surface area contributed by atoms with Crippen molar-refractivity contribution in [2.75, 3.05) is 0 Å². The maximum Gasteiger partial charge on any atom is 0.150 e. The Balaban J connectivity index is 2.36. The molecule has 3 rings (SSSR count). The van der Waals surface area contributed by atoms with Crippen LogP contribution in [0.2, 0.25) is 0 Å².